The summed E-state index contributed by atoms with van der Waals surface area (Å²) in [6.45, 7) is 2.44. The molecule has 1 aromatic heterocycles. The van der Waals surface area contributed by atoms with Crippen LogP contribution < -0.4 is 20.1 Å². The van der Waals surface area contributed by atoms with Crippen molar-refractivity contribution in [3.05, 3.63) is 30.1 Å². The Morgan fingerprint density at radius 2 is 1.93 bits per heavy atom. The molecule has 1 amide bonds. The first-order valence-electron chi connectivity index (χ1n) is 9.34. The van der Waals surface area contributed by atoms with Gasteiger partial charge in [-0.2, -0.15) is 10.1 Å². The summed E-state index contributed by atoms with van der Waals surface area (Å²) in [4.78, 5) is 16.7. The molecule has 1 aliphatic rings. The highest BCUT2D eigenvalue weighted by atomic mass is 35.5. The van der Waals surface area contributed by atoms with E-state index in [1.807, 2.05) is 24.3 Å². The highest BCUT2D eigenvalue weighted by Crippen LogP contribution is 2.23. The Labute approximate surface area is 171 Å². The van der Waals surface area contributed by atoms with Gasteiger partial charge in [0.1, 0.15) is 11.5 Å². The largest absolute Gasteiger partial charge is 0.497 e. The number of hydrogen-bond donors (Lipinski definition) is 2. The molecule has 0 aliphatic carbocycles. The van der Waals surface area contributed by atoms with Crippen molar-refractivity contribution in [3.8, 4) is 11.5 Å². The van der Waals surface area contributed by atoms with Crippen molar-refractivity contribution < 1.29 is 14.3 Å². The van der Waals surface area contributed by atoms with Gasteiger partial charge in [0.25, 0.3) is 0 Å². The Morgan fingerprint density at radius 3 is 2.61 bits per heavy atom. The van der Waals surface area contributed by atoms with Crippen molar-refractivity contribution in [2.75, 3.05) is 32.1 Å². The zero-order valence-corrected chi connectivity index (χ0v) is 17.1. The van der Waals surface area contributed by atoms with Crippen LogP contribution in [0.2, 0.25) is 0 Å². The number of carbonyl (C=O) groups is 1. The maximum absolute atomic E-state index is 12.2. The summed E-state index contributed by atoms with van der Waals surface area (Å²) in [5.74, 6) is 3.15. The average molecular weight is 410 g/mol. The molecule has 2 N–H and O–H groups in total. The highest BCUT2D eigenvalue weighted by Gasteiger charge is 2.21. The molecule has 0 atom stereocenters. The van der Waals surface area contributed by atoms with E-state index < -0.39 is 0 Å². The molecule has 0 spiro atoms. The number of nitrogens with zero attached hydrogens (tertiary/aromatic N) is 3. The zero-order valence-electron chi connectivity index (χ0n) is 16.3. The van der Waals surface area contributed by atoms with Crippen LogP contribution in [0.25, 0.3) is 0 Å². The molecule has 1 saturated heterocycles. The van der Waals surface area contributed by atoms with Crippen molar-refractivity contribution in [2.45, 2.75) is 31.6 Å². The summed E-state index contributed by atoms with van der Waals surface area (Å²) in [7, 11) is 3.43. The Balaban J connectivity index is 0.00000280. The summed E-state index contributed by atoms with van der Waals surface area (Å²) in [5, 5.41) is 10.6. The normalized spacial score (nSPS) is 14.2. The van der Waals surface area contributed by atoms with Crippen molar-refractivity contribution in [3.63, 3.8) is 0 Å². The maximum Gasteiger partial charge on any atom is 0.227 e. The van der Waals surface area contributed by atoms with Gasteiger partial charge in [0.2, 0.25) is 11.9 Å². The van der Waals surface area contributed by atoms with Gasteiger partial charge in [0.15, 0.2) is 5.82 Å². The summed E-state index contributed by atoms with van der Waals surface area (Å²) in [6.07, 6.45) is 3.04. The molecule has 1 fully saturated rings. The van der Waals surface area contributed by atoms with Gasteiger partial charge in [0.05, 0.1) is 13.7 Å². The van der Waals surface area contributed by atoms with Gasteiger partial charge in [-0.25, -0.2) is 4.68 Å². The molecule has 0 bridgehead atoms. The molecule has 8 nitrogen and oxygen atoms in total. The second-order valence-corrected chi connectivity index (χ2v) is 6.62. The van der Waals surface area contributed by atoms with Crippen LogP contribution in [0.5, 0.6) is 11.5 Å². The predicted molar refractivity (Wildman–Crippen MR) is 109 cm³/mol. The van der Waals surface area contributed by atoms with E-state index >= 15 is 0 Å². The van der Waals surface area contributed by atoms with E-state index in [2.05, 4.69) is 20.7 Å². The average Bonchev–Trinajstić information content (AvgIpc) is 3.07. The zero-order chi connectivity index (χ0) is 19.1. The molecule has 0 unspecified atom stereocenters. The molecule has 3 rings (SSSR count). The van der Waals surface area contributed by atoms with E-state index in [0.717, 1.165) is 43.3 Å². The molecule has 2 aromatic rings. The topological polar surface area (TPSA) is 90.3 Å². The first-order valence-corrected chi connectivity index (χ1v) is 9.34. The third-order valence-corrected chi connectivity index (χ3v) is 4.61. The van der Waals surface area contributed by atoms with Crippen LogP contribution in [-0.4, -0.2) is 47.5 Å². The van der Waals surface area contributed by atoms with E-state index in [1.54, 1.807) is 18.8 Å². The number of halogens is 1. The fraction of sp³-hybridized carbons (Fsp3) is 0.526. The fourth-order valence-corrected chi connectivity index (χ4v) is 3.05. The Morgan fingerprint density at radius 1 is 1.25 bits per heavy atom. The minimum absolute atomic E-state index is 0. The van der Waals surface area contributed by atoms with Gasteiger partial charge >= 0.3 is 0 Å². The summed E-state index contributed by atoms with van der Waals surface area (Å²) >= 11 is 0. The third-order valence-electron chi connectivity index (χ3n) is 4.61. The van der Waals surface area contributed by atoms with Crippen molar-refractivity contribution in [1.29, 1.82) is 0 Å². The fourth-order valence-electron chi connectivity index (χ4n) is 3.05. The number of carbonyl (C=O) groups excluding carboxylic acids is 1. The predicted octanol–water partition coefficient (Wildman–Crippen LogP) is 2.51. The molecule has 154 valence electrons. The second kappa shape index (κ2) is 10.9. The molecular formula is C19H28ClN5O3. The number of rotatable bonds is 8. The lowest BCUT2D eigenvalue weighted by atomic mass is 9.98. The van der Waals surface area contributed by atoms with Gasteiger partial charge in [-0.1, -0.05) is 0 Å². The second-order valence-electron chi connectivity index (χ2n) is 6.62. The monoisotopic (exact) mass is 409 g/mol. The standard InChI is InChI=1S/C19H27N5O3.ClH/c1-24-19(22-18(23-24)14-9-11-20-12-10-14)21-17(25)4-3-13-27-16-7-5-15(26-2)6-8-16;/h5-8,14,20H,3-4,9-13H2,1-2H3,(H,21,22,23,25);1H. The number of amides is 1. The Bertz CT molecular complexity index is 745. The van der Waals surface area contributed by atoms with Crippen LogP contribution >= 0.6 is 12.4 Å². The van der Waals surface area contributed by atoms with E-state index in [0.29, 0.717) is 31.3 Å². The minimum atomic E-state index is -0.0827. The number of methoxy groups -OCH3 is 1. The van der Waals surface area contributed by atoms with Crippen molar-refractivity contribution in [2.24, 2.45) is 7.05 Å². The number of ether oxygens (including phenoxy) is 2. The molecule has 0 radical (unpaired) electrons. The Hall–Kier alpha value is -2.32. The van der Waals surface area contributed by atoms with Crippen LogP contribution in [0, 0.1) is 0 Å². The number of anilines is 1. The molecule has 28 heavy (non-hydrogen) atoms. The third kappa shape index (κ3) is 6.10. The molecule has 1 aliphatic heterocycles. The quantitative estimate of drug-likeness (QED) is 0.651. The molecule has 2 heterocycles. The lowest BCUT2D eigenvalue weighted by molar-refractivity contribution is -0.116. The van der Waals surface area contributed by atoms with E-state index in [1.165, 1.54) is 0 Å². The van der Waals surface area contributed by atoms with Crippen LogP contribution in [0.15, 0.2) is 24.3 Å². The summed E-state index contributed by atoms with van der Waals surface area (Å²) in [6, 6.07) is 7.38. The highest BCUT2D eigenvalue weighted by molar-refractivity contribution is 5.88. The van der Waals surface area contributed by atoms with Gasteiger partial charge in [0, 0.05) is 19.4 Å². The lowest BCUT2D eigenvalue weighted by Crippen LogP contribution is -2.27. The van der Waals surface area contributed by atoms with Crippen LogP contribution in [0.3, 0.4) is 0 Å². The number of aromatic nitrogens is 3. The Kier molecular flexibility index (Phi) is 8.53. The molecule has 0 saturated carbocycles. The molecule has 9 heteroatoms. The van der Waals surface area contributed by atoms with Gasteiger partial charge in [-0.05, 0) is 56.6 Å². The smallest absolute Gasteiger partial charge is 0.227 e. The van der Waals surface area contributed by atoms with Crippen LogP contribution in [0.4, 0.5) is 5.95 Å². The number of piperidine rings is 1. The number of nitrogens with one attached hydrogen (secondary N) is 2. The maximum atomic E-state index is 12.2. The number of hydrogen-bond acceptors (Lipinski definition) is 6. The number of benzene rings is 1. The van der Waals surface area contributed by atoms with E-state index in [4.69, 9.17) is 9.47 Å². The first-order chi connectivity index (χ1) is 13.2. The van der Waals surface area contributed by atoms with Gasteiger partial charge < -0.3 is 14.8 Å². The first kappa shape index (κ1) is 22.0. The molecular weight excluding hydrogens is 382 g/mol. The van der Waals surface area contributed by atoms with Crippen molar-refractivity contribution >= 4 is 24.3 Å². The van der Waals surface area contributed by atoms with E-state index in [9.17, 15) is 4.79 Å². The summed E-state index contributed by atoms with van der Waals surface area (Å²) in [5.41, 5.74) is 0. The number of aryl methyl sites for hydroxylation is 1. The lowest BCUT2D eigenvalue weighted by Gasteiger charge is -2.19. The van der Waals surface area contributed by atoms with E-state index in [-0.39, 0.29) is 18.3 Å². The SMILES string of the molecule is COc1ccc(OCCCC(=O)Nc2nc(C3CCNCC3)nn2C)cc1.Cl. The van der Waals surface area contributed by atoms with Gasteiger partial charge in [-0.15, -0.1) is 12.4 Å². The summed E-state index contributed by atoms with van der Waals surface area (Å²) < 4.78 is 12.4. The van der Waals surface area contributed by atoms with Crippen LogP contribution in [0.1, 0.15) is 37.4 Å². The van der Waals surface area contributed by atoms with Crippen LogP contribution in [-0.2, 0) is 11.8 Å². The molecule has 1 aromatic carbocycles. The van der Waals surface area contributed by atoms with Crippen molar-refractivity contribution in [1.82, 2.24) is 20.1 Å². The van der Waals surface area contributed by atoms with Gasteiger partial charge in [-0.3, -0.25) is 10.1 Å². The minimum Gasteiger partial charge on any atom is -0.497 e.